The predicted molar refractivity (Wildman–Crippen MR) is 58.9 cm³/mol. The fraction of sp³-hybridized carbons (Fsp3) is 0.700. The highest BCUT2D eigenvalue weighted by atomic mass is 16.5. The number of aliphatic carboxylic acids is 1. The van der Waals surface area contributed by atoms with Gasteiger partial charge < -0.3 is 20.5 Å². The van der Waals surface area contributed by atoms with Crippen molar-refractivity contribution in [3.63, 3.8) is 0 Å². The summed E-state index contributed by atoms with van der Waals surface area (Å²) in [4.78, 5) is 35.2. The Hall–Kier alpha value is -1.83. The van der Waals surface area contributed by atoms with Crippen LogP contribution in [-0.4, -0.2) is 66.3 Å². The number of carboxylic acids is 1. The van der Waals surface area contributed by atoms with Crippen LogP contribution in [0.4, 0.5) is 4.79 Å². The van der Waals surface area contributed by atoms with Crippen molar-refractivity contribution in [2.24, 2.45) is 0 Å². The van der Waals surface area contributed by atoms with Gasteiger partial charge in [0.1, 0.15) is 12.6 Å². The number of urea groups is 1. The van der Waals surface area contributed by atoms with Crippen molar-refractivity contribution in [2.75, 3.05) is 26.3 Å². The highest BCUT2D eigenvalue weighted by Crippen LogP contribution is 2.08. The Bertz CT molecular complexity index is 367. The Morgan fingerprint density at radius 3 is 2.89 bits per heavy atom. The van der Waals surface area contributed by atoms with Crippen molar-refractivity contribution >= 4 is 17.9 Å². The van der Waals surface area contributed by atoms with Crippen LogP contribution in [0.2, 0.25) is 0 Å². The zero-order valence-electron chi connectivity index (χ0n) is 9.72. The molecule has 0 bridgehead atoms. The van der Waals surface area contributed by atoms with Gasteiger partial charge in [0.05, 0.1) is 12.6 Å². The molecule has 0 saturated carbocycles. The summed E-state index contributed by atoms with van der Waals surface area (Å²) in [6.45, 7) is 0.691. The molecule has 2 heterocycles. The quantitative estimate of drug-likeness (QED) is 0.550. The minimum atomic E-state index is -1.13. The lowest BCUT2D eigenvalue weighted by Crippen LogP contribution is -2.62. The zero-order chi connectivity index (χ0) is 13.1. The average molecular weight is 257 g/mol. The number of nitrogens with zero attached hydrogens (tertiary/aromatic N) is 1. The summed E-state index contributed by atoms with van der Waals surface area (Å²) in [6.07, 6.45) is 0.698. The first-order valence-electron chi connectivity index (χ1n) is 5.72. The first-order chi connectivity index (χ1) is 8.58. The smallest absolute Gasteiger partial charge is 0.328 e. The second-order valence-electron chi connectivity index (χ2n) is 4.30. The molecule has 0 radical (unpaired) electrons. The van der Waals surface area contributed by atoms with Gasteiger partial charge in [-0.3, -0.25) is 9.69 Å². The van der Waals surface area contributed by atoms with E-state index in [1.165, 1.54) is 0 Å². The summed E-state index contributed by atoms with van der Waals surface area (Å²) < 4.78 is 5.11. The van der Waals surface area contributed by atoms with Crippen LogP contribution in [0.5, 0.6) is 0 Å². The SMILES string of the molecule is O=C1CN(C(=O)NC2CCOC2)C(C(=O)O)CN1. The van der Waals surface area contributed by atoms with Gasteiger partial charge in [-0.1, -0.05) is 0 Å². The van der Waals surface area contributed by atoms with E-state index in [1.54, 1.807) is 0 Å². The molecule has 2 fully saturated rings. The van der Waals surface area contributed by atoms with Crippen molar-refractivity contribution < 1.29 is 24.2 Å². The molecule has 0 aromatic rings. The van der Waals surface area contributed by atoms with Crippen molar-refractivity contribution in [3.8, 4) is 0 Å². The van der Waals surface area contributed by atoms with E-state index < -0.39 is 18.0 Å². The lowest BCUT2D eigenvalue weighted by Gasteiger charge is -2.33. The number of nitrogens with one attached hydrogen (secondary N) is 2. The highest BCUT2D eigenvalue weighted by Gasteiger charge is 2.36. The summed E-state index contributed by atoms with van der Waals surface area (Å²) in [7, 11) is 0. The van der Waals surface area contributed by atoms with Gasteiger partial charge in [0, 0.05) is 13.2 Å². The minimum absolute atomic E-state index is 0.0667. The van der Waals surface area contributed by atoms with E-state index in [0.29, 0.717) is 19.6 Å². The molecule has 18 heavy (non-hydrogen) atoms. The van der Waals surface area contributed by atoms with E-state index in [4.69, 9.17) is 9.84 Å². The number of hydrogen-bond acceptors (Lipinski definition) is 4. The van der Waals surface area contributed by atoms with Gasteiger partial charge >= 0.3 is 12.0 Å². The van der Waals surface area contributed by atoms with Gasteiger partial charge in [0.15, 0.2) is 0 Å². The maximum absolute atomic E-state index is 11.9. The molecule has 0 aliphatic carbocycles. The highest BCUT2D eigenvalue weighted by molar-refractivity contribution is 5.90. The average Bonchev–Trinajstić information content (AvgIpc) is 2.81. The van der Waals surface area contributed by atoms with Crippen LogP contribution in [0.3, 0.4) is 0 Å². The molecule has 2 aliphatic rings. The summed E-state index contributed by atoms with van der Waals surface area (Å²) in [5.74, 6) is -1.49. The number of carbonyl (C=O) groups excluding carboxylic acids is 2. The topological polar surface area (TPSA) is 108 Å². The molecule has 0 aromatic carbocycles. The normalized spacial score (nSPS) is 27.8. The van der Waals surface area contributed by atoms with Gasteiger partial charge in [-0.05, 0) is 6.42 Å². The van der Waals surface area contributed by atoms with E-state index in [1.807, 2.05) is 0 Å². The number of piperazine rings is 1. The van der Waals surface area contributed by atoms with Crippen molar-refractivity contribution in [2.45, 2.75) is 18.5 Å². The zero-order valence-corrected chi connectivity index (χ0v) is 9.72. The summed E-state index contributed by atoms with van der Waals surface area (Å²) in [5, 5.41) is 14.1. The number of carboxylic acid groups (broad SMARTS) is 1. The summed E-state index contributed by atoms with van der Waals surface area (Å²) in [6, 6.07) is -1.67. The summed E-state index contributed by atoms with van der Waals surface area (Å²) >= 11 is 0. The van der Waals surface area contributed by atoms with Gasteiger partial charge in [0.2, 0.25) is 5.91 Å². The largest absolute Gasteiger partial charge is 0.480 e. The number of ether oxygens (including phenoxy) is 1. The number of rotatable bonds is 2. The maximum Gasteiger partial charge on any atom is 0.328 e. The lowest BCUT2D eigenvalue weighted by atomic mass is 10.2. The molecule has 2 rings (SSSR count). The molecule has 100 valence electrons. The van der Waals surface area contributed by atoms with Gasteiger partial charge in [-0.2, -0.15) is 0 Å². The van der Waals surface area contributed by atoms with Crippen LogP contribution in [0, 0.1) is 0 Å². The van der Waals surface area contributed by atoms with Crippen LogP contribution in [0.15, 0.2) is 0 Å². The van der Waals surface area contributed by atoms with Gasteiger partial charge in [-0.25, -0.2) is 9.59 Å². The van der Waals surface area contributed by atoms with Crippen LogP contribution in [-0.2, 0) is 14.3 Å². The molecule has 2 aliphatic heterocycles. The Labute approximate surface area is 103 Å². The monoisotopic (exact) mass is 257 g/mol. The molecule has 8 heteroatoms. The van der Waals surface area contributed by atoms with Crippen LogP contribution in [0.25, 0.3) is 0 Å². The van der Waals surface area contributed by atoms with Gasteiger partial charge in [-0.15, -0.1) is 0 Å². The minimum Gasteiger partial charge on any atom is -0.480 e. The molecule has 2 unspecified atom stereocenters. The van der Waals surface area contributed by atoms with E-state index in [-0.39, 0.29) is 25.0 Å². The van der Waals surface area contributed by atoms with Crippen molar-refractivity contribution in [1.29, 1.82) is 0 Å². The summed E-state index contributed by atoms with van der Waals surface area (Å²) in [5.41, 5.74) is 0. The molecular weight excluding hydrogens is 242 g/mol. The van der Waals surface area contributed by atoms with Crippen LogP contribution < -0.4 is 10.6 Å². The number of carbonyl (C=O) groups is 3. The second-order valence-corrected chi connectivity index (χ2v) is 4.30. The fourth-order valence-corrected chi connectivity index (χ4v) is 1.98. The molecule has 8 nitrogen and oxygen atoms in total. The van der Waals surface area contributed by atoms with Crippen LogP contribution >= 0.6 is 0 Å². The molecule has 0 spiro atoms. The van der Waals surface area contributed by atoms with Gasteiger partial charge in [0.25, 0.3) is 0 Å². The van der Waals surface area contributed by atoms with E-state index in [2.05, 4.69) is 10.6 Å². The molecule has 2 atom stereocenters. The van der Waals surface area contributed by atoms with Crippen molar-refractivity contribution in [3.05, 3.63) is 0 Å². The molecule has 2 saturated heterocycles. The Kier molecular flexibility index (Phi) is 3.66. The fourth-order valence-electron chi connectivity index (χ4n) is 1.98. The van der Waals surface area contributed by atoms with Crippen LogP contribution in [0.1, 0.15) is 6.42 Å². The molecular formula is C10H15N3O5. The molecule has 0 aromatic heterocycles. The predicted octanol–water partition coefficient (Wildman–Crippen LogP) is -1.63. The third-order valence-corrected chi connectivity index (χ3v) is 2.99. The molecule has 3 N–H and O–H groups in total. The first kappa shape index (κ1) is 12.6. The molecule has 3 amide bonds. The lowest BCUT2D eigenvalue weighted by molar-refractivity contribution is -0.144. The maximum atomic E-state index is 11.9. The van der Waals surface area contributed by atoms with E-state index in [0.717, 1.165) is 4.90 Å². The van der Waals surface area contributed by atoms with E-state index in [9.17, 15) is 14.4 Å². The number of amides is 3. The first-order valence-corrected chi connectivity index (χ1v) is 5.72. The Morgan fingerprint density at radius 2 is 2.28 bits per heavy atom. The van der Waals surface area contributed by atoms with E-state index >= 15 is 0 Å². The Balaban J connectivity index is 1.99. The van der Waals surface area contributed by atoms with Crippen molar-refractivity contribution in [1.82, 2.24) is 15.5 Å². The third kappa shape index (κ3) is 2.70. The second kappa shape index (κ2) is 5.21. The number of hydrogen-bond donors (Lipinski definition) is 3. The third-order valence-electron chi connectivity index (χ3n) is 2.99. The Morgan fingerprint density at radius 1 is 1.50 bits per heavy atom. The standard InChI is InChI=1S/C10H15N3O5/c14-8-4-13(7(3-11-8)9(15)16)10(17)12-6-1-2-18-5-6/h6-7H,1-5H2,(H,11,14)(H,12,17)(H,15,16).